The molecule has 4 heteroatoms. The number of fused-ring (bicyclic) bond motifs is 1. The van der Waals surface area contributed by atoms with Gasteiger partial charge in [0, 0.05) is 18.5 Å². The van der Waals surface area contributed by atoms with Crippen LogP contribution in [0.5, 0.6) is 5.75 Å². The van der Waals surface area contributed by atoms with Gasteiger partial charge in [-0.05, 0) is 17.9 Å². The van der Waals surface area contributed by atoms with Gasteiger partial charge in [-0.15, -0.1) is 0 Å². The predicted octanol–water partition coefficient (Wildman–Crippen LogP) is 2.80. The molecule has 1 atom stereocenters. The number of phenolic OH excluding ortho intramolecular Hbond substituents is 1. The third-order valence-electron chi connectivity index (χ3n) is 4.01. The van der Waals surface area contributed by atoms with E-state index in [1.807, 2.05) is 37.3 Å². The van der Waals surface area contributed by atoms with Gasteiger partial charge >= 0.3 is 0 Å². The molecule has 4 nitrogen and oxygen atoms in total. The quantitative estimate of drug-likeness (QED) is 0.923. The minimum atomic E-state index is -0.125. The number of aromatic hydroxyl groups is 1. The molecule has 110 valence electrons. The molecule has 3 rings (SSSR count). The van der Waals surface area contributed by atoms with Gasteiger partial charge in [-0.25, -0.2) is 0 Å². The summed E-state index contributed by atoms with van der Waals surface area (Å²) in [7, 11) is 0. The summed E-state index contributed by atoms with van der Waals surface area (Å²) in [4.78, 5) is 14.4. The van der Waals surface area contributed by atoms with Crippen LogP contribution in [0.1, 0.15) is 23.7 Å². The lowest BCUT2D eigenvalue weighted by Crippen LogP contribution is -2.45. The number of carbonyl (C=O) groups is 1. The number of benzene rings is 2. The molecule has 2 aromatic rings. The molecule has 0 radical (unpaired) electrons. The van der Waals surface area contributed by atoms with Crippen molar-refractivity contribution in [2.24, 2.45) is 0 Å². The third kappa shape index (κ3) is 2.59. The first kappa shape index (κ1) is 13.9. The van der Waals surface area contributed by atoms with E-state index in [2.05, 4.69) is 0 Å². The molecular formula is C17H19NO3. The van der Waals surface area contributed by atoms with Crippen molar-refractivity contribution in [2.45, 2.75) is 19.4 Å². The van der Waals surface area contributed by atoms with E-state index in [-0.39, 0.29) is 17.8 Å². The molecule has 1 heterocycles. The standard InChI is InChI=1S/C17H19NO3/c1-2-13-11-18(9-10-21-13)17(20)15-8-7-12-5-3-4-6-14(12)16(15)19/h3-8,13,19H,2,9-11H2,1H3. The summed E-state index contributed by atoms with van der Waals surface area (Å²) in [5.41, 5.74) is 0.366. The number of carbonyl (C=O) groups excluding carboxylic acids is 1. The fourth-order valence-electron chi connectivity index (χ4n) is 2.75. The maximum atomic E-state index is 12.6. The maximum Gasteiger partial charge on any atom is 0.257 e. The number of nitrogens with zero attached hydrogens (tertiary/aromatic N) is 1. The zero-order valence-electron chi connectivity index (χ0n) is 12.1. The second-order valence-electron chi connectivity index (χ2n) is 5.34. The van der Waals surface area contributed by atoms with Gasteiger partial charge < -0.3 is 14.7 Å². The van der Waals surface area contributed by atoms with E-state index in [1.54, 1.807) is 11.0 Å². The first-order chi connectivity index (χ1) is 10.2. The molecule has 1 saturated heterocycles. The summed E-state index contributed by atoms with van der Waals surface area (Å²) >= 11 is 0. The van der Waals surface area contributed by atoms with Crippen LogP contribution < -0.4 is 0 Å². The highest BCUT2D eigenvalue weighted by Crippen LogP contribution is 2.29. The van der Waals surface area contributed by atoms with Crippen molar-refractivity contribution in [1.82, 2.24) is 4.90 Å². The molecule has 1 aliphatic rings. The summed E-state index contributed by atoms with van der Waals surface area (Å²) in [5.74, 6) is -0.0577. The Bertz CT molecular complexity index is 668. The van der Waals surface area contributed by atoms with E-state index in [9.17, 15) is 9.90 Å². The van der Waals surface area contributed by atoms with E-state index in [0.717, 1.165) is 11.8 Å². The molecule has 21 heavy (non-hydrogen) atoms. The molecule has 0 bridgehead atoms. The largest absolute Gasteiger partial charge is 0.506 e. The van der Waals surface area contributed by atoms with E-state index < -0.39 is 0 Å². The normalized spacial score (nSPS) is 18.9. The lowest BCUT2D eigenvalue weighted by molar-refractivity contribution is -0.0227. The van der Waals surface area contributed by atoms with Crippen molar-refractivity contribution in [3.63, 3.8) is 0 Å². The van der Waals surface area contributed by atoms with Crippen molar-refractivity contribution in [3.05, 3.63) is 42.0 Å². The molecule has 2 aromatic carbocycles. The van der Waals surface area contributed by atoms with Crippen LogP contribution in [0.15, 0.2) is 36.4 Å². The highest BCUT2D eigenvalue weighted by molar-refractivity contribution is 6.03. The highest BCUT2D eigenvalue weighted by Gasteiger charge is 2.26. The zero-order chi connectivity index (χ0) is 14.8. The molecule has 1 aliphatic heterocycles. The van der Waals surface area contributed by atoms with E-state index in [4.69, 9.17) is 4.74 Å². The van der Waals surface area contributed by atoms with Crippen LogP contribution in [0.2, 0.25) is 0 Å². The Morgan fingerprint density at radius 3 is 2.95 bits per heavy atom. The first-order valence-corrected chi connectivity index (χ1v) is 7.32. The second-order valence-corrected chi connectivity index (χ2v) is 5.34. The molecule has 0 spiro atoms. The van der Waals surface area contributed by atoms with Gasteiger partial charge in [-0.1, -0.05) is 37.3 Å². The van der Waals surface area contributed by atoms with Gasteiger partial charge in [-0.2, -0.15) is 0 Å². The van der Waals surface area contributed by atoms with Crippen LogP contribution in [-0.2, 0) is 4.74 Å². The zero-order valence-corrected chi connectivity index (χ0v) is 12.1. The summed E-state index contributed by atoms with van der Waals surface area (Å²) in [6.45, 7) is 3.76. The SMILES string of the molecule is CCC1CN(C(=O)c2ccc3ccccc3c2O)CCO1. The molecule has 1 unspecified atom stereocenters. The average Bonchev–Trinajstić information content (AvgIpc) is 2.55. The van der Waals surface area contributed by atoms with Crippen LogP contribution in [-0.4, -0.2) is 41.7 Å². The van der Waals surface area contributed by atoms with Crippen LogP contribution in [0.25, 0.3) is 10.8 Å². The van der Waals surface area contributed by atoms with Crippen LogP contribution in [0.3, 0.4) is 0 Å². The monoisotopic (exact) mass is 285 g/mol. The molecule has 1 fully saturated rings. The fraction of sp³-hybridized carbons (Fsp3) is 0.353. The minimum Gasteiger partial charge on any atom is -0.506 e. The highest BCUT2D eigenvalue weighted by atomic mass is 16.5. The number of hydrogen-bond donors (Lipinski definition) is 1. The summed E-state index contributed by atoms with van der Waals surface area (Å²) in [5, 5.41) is 12.0. The smallest absolute Gasteiger partial charge is 0.257 e. The summed E-state index contributed by atoms with van der Waals surface area (Å²) < 4.78 is 5.59. The van der Waals surface area contributed by atoms with Crippen molar-refractivity contribution in [3.8, 4) is 5.75 Å². The number of rotatable bonds is 2. The minimum absolute atomic E-state index is 0.0673. The van der Waals surface area contributed by atoms with Gasteiger partial charge in [-0.3, -0.25) is 4.79 Å². The molecular weight excluding hydrogens is 266 g/mol. The second kappa shape index (κ2) is 5.74. The van der Waals surface area contributed by atoms with Crippen molar-refractivity contribution in [2.75, 3.05) is 19.7 Å². The van der Waals surface area contributed by atoms with E-state index in [1.165, 1.54) is 0 Å². The Labute approximate surface area is 123 Å². The topological polar surface area (TPSA) is 49.8 Å². The summed E-state index contributed by atoms with van der Waals surface area (Å²) in [6, 6.07) is 11.1. The number of phenols is 1. The van der Waals surface area contributed by atoms with Gasteiger partial charge in [0.25, 0.3) is 5.91 Å². The summed E-state index contributed by atoms with van der Waals surface area (Å²) in [6.07, 6.45) is 0.971. The number of amides is 1. The Morgan fingerprint density at radius 1 is 1.33 bits per heavy atom. The Morgan fingerprint density at radius 2 is 2.14 bits per heavy atom. The Balaban J connectivity index is 1.92. The molecule has 0 aliphatic carbocycles. The van der Waals surface area contributed by atoms with Crippen LogP contribution in [0.4, 0.5) is 0 Å². The number of ether oxygens (including phenoxy) is 1. The predicted molar refractivity (Wildman–Crippen MR) is 81.5 cm³/mol. The first-order valence-electron chi connectivity index (χ1n) is 7.32. The van der Waals surface area contributed by atoms with Gasteiger partial charge in [0.2, 0.25) is 0 Å². The van der Waals surface area contributed by atoms with Crippen molar-refractivity contribution in [1.29, 1.82) is 0 Å². The van der Waals surface area contributed by atoms with Gasteiger partial charge in [0.05, 0.1) is 18.3 Å². The number of morpholine rings is 1. The lowest BCUT2D eigenvalue weighted by Gasteiger charge is -2.32. The molecule has 1 N–H and O–H groups in total. The fourth-order valence-corrected chi connectivity index (χ4v) is 2.75. The van der Waals surface area contributed by atoms with E-state index >= 15 is 0 Å². The average molecular weight is 285 g/mol. The molecule has 1 amide bonds. The van der Waals surface area contributed by atoms with Gasteiger partial charge in [0.15, 0.2) is 0 Å². The van der Waals surface area contributed by atoms with E-state index in [0.29, 0.717) is 30.6 Å². The van der Waals surface area contributed by atoms with Gasteiger partial charge in [0.1, 0.15) is 5.75 Å². The maximum absolute atomic E-state index is 12.6. The lowest BCUT2D eigenvalue weighted by atomic mass is 10.0. The van der Waals surface area contributed by atoms with Crippen LogP contribution in [0, 0.1) is 0 Å². The van der Waals surface area contributed by atoms with Crippen molar-refractivity contribution >= 4 is 16.7 Å². The van der Waals surface area contributed by atoms with Crippen LogP contribution >= 0.6 is 0 Å². The Hall–Kier alpha value is -2.07. The number of hydrogen-bond acceptors (Lipinski definition) is 3. The third-order valence-corrected chi connectivity index (χ3v) is 4.01. The van der Waals surface area contributed by atoms with Crippen molar-refractivity contribution < 1.29 is 14.6 Å². The molecule has 0 aromatic heterocycles. The molecule has 0 saturated carbocycles. The Kier molecular flexibility index (Phi) is 3.80.